The Balaban J connectivity index is 1.66. The van der Waals surface area contributed by atoms with Gasteiger partial charge in [-0.1, -0.05) is 25.7 Å². The van der Waals surface area contributed by atoms with Crippen molar-refractivity contribution in [1.82, 2.24) is 10.2 Å². The van der Waals surface area contributed by atoms with Crippen molar-refractivity contribution in [1.29, 1.82) is 0 Å². The van der Waals surface area contributed by atoms with Gasteiger partial charge in [-0.3, -0.25) is 9.59 Å². The zero-order valence-electron chi connectivity index (χ0n) is 23.3. The van der Waals surface area contributed by atoms with E-state index in [0.717, 1.165) is 24.8 Å². The van der Waals surface area contributed by atoms with E-state index in [1.165, 1.54) is 26.2 Å². The van der Waals surface area contributed by atoms with Gasteiger partial charge in [0.1, 0.15) is 12.2 Å². The van der Waals surface area contributed by atoms with E-state index < -0.39 is 24.2 Å². The number of hydrogen-bond donors (Lipinski definition) is 4. The van der Waals surface area contributed by atoms with Crippen LogP contribution in [0, 0.1) is 9.49 Å². The Labute approximate surface area is 253 Å². The maximum Gasteiger partial charge on any atom is 0.247 e. The van der Waals surface area contributed by atoms with Gasteiger partial charge >= 0.3 is 0 Å². The van der Waals surface area contributed by atoms with Gasteiger partial charge in [-0.05, 0) is 64.8 Å². The van der Waals surface area contributed by atoms with Crippen LogP contribution in [0.4, 0.5) is 0 Å². The summed E-state index contributed by atoms with van der Waals surface area (Å²) < 4.78 is 17.7. The van der Waals surface area contributed by atoms with Crippen molar-refractivity contribution in [3.63, 3.8) is 0 Å². The van der Waals surface area contributed by atoms with Crippen molar-refractivity contribution in [2.75, 3.05) is 20.3 Å². The van der Waals surface area contributed by atoms with Crippen LogP contribution >= 0.6 is 22.6 Å². The van der Waals surface area contributed by atoms with Crippen LogP contribution in [-0.2, 0) is 22.7 Å². The van der Waals surface area contributed by atoms with Crippen molar-refractivity contribution < 1.29 is 38.8 Å². The van der Waals surface area contributed by atoms with Crippen LogP contribution in [0.15, 0.2) is 46.8 Å². The Kier molecular flexibility index (Phi) is 11.5. The first-order valence-corrected chi connectivity index (χ1v) is 15.1. The molecule has 4 N–H and O–H groups in total. The van der Waals surface area contributed by atoms with E-state index in [-0.39, 0.29) is 38.6 Å². The smallest absolute Gasteiger partial charge is 0.247 e. The van der Waals surface area contributed by atoms with Gasteiger partial charge in [0, 0.05) is 37.1 Å². The molecule has 0 aliphatic heterocycles. The van der Waals surface area contributed by atoms with Crippen molar-refractivity contribution in [3.8, 4) is 11.5 Å². The monoisotopic (exact) mass is 682 g/mol. The first kappa shape index (κ1) is 31.3. The summed E-state index contributed by atoms with van der Waals surface area (Å²) in [5, 5.41) is 33.2. The Hall–Kier alpha value is -2.61. The molecule has 1 fully saturated rings. The lowest BCUT2D eigenvalue weighted by molar-refractivity contribution is -0.139. The molecule has 3 atom stereocenters. The first-order chi connectivity index (χ1) is 19.8. The molecule has 1 aromatic heterocycles. The van der Waals surface area contributed by atoms with E-state index in [1.807, 2.05) is 0 Å². The molecule has 2 aliphatic rings. The molecular formula is C30H39IN2O8. The topological polar surface area (TPSA) is 142 Å². The minimum atomic E-state index is -1.16. The number of methoxy groups -OCH3 is 1. The largest absolute Gasteiger partial charge is 0.493 e. The number of hydrogen-bond acceptors (Lipinski definition) is 8. The number of carbonyl (C=O) groups is 2. The van der Waals surface area contributed by atoms with E-state index in [0.29, 0.717) is 38.5 Å². The number of amides is 2. The number of aliphatic hydroxyl groups is 3. The third-order valence-electron chi connectivity index (χ3n) is 7.83. The third-order valence-corrected chi connectivity index (χ3v) is 8.64. The molecule has 41 heavy (non-hydrogen) atoms. The molecule has 0 unspecified atom stereocenters. The fraction of sp³-hybridized carbons (Fsp3) is 0.533. The molecule has 0 bridgehead atoms. The first-order valence-electron chi connectivity index (χ1n) is 14.1. The molecule has 0 saturated heterocycles. The van der Waals surface area contributed by atoms with E-state index >= 15 is 0 Å². The second-order valence-corrected chi connectivity index (χ2v) is 11.8. The predicted octanol–water partition coefficient (Wildman–Crippen LogP) is 3.30. The molecule has 11 heteroatoms. The normalized spacial score (nSPS) is 20.9. The van der Waals surface area contributed by atoms with Crippen LogP contribution in [0.5, 0.6) is 11.5 Å². The number of benzene rings is 1. The van der Waals surface area contributed by atoms with Crippen molar-refractivity contribution >= 4 is 34.4 Å². The molecule has 2 aromatic rings. The number of halogens is 1. The molecule has 2 aliphatic carbocycles. The quantitative estimate of drug-likeness (QED) is 0.236. The van der Waals surface area contributed by atoms with Gasteiger partial charge in [0.15, 0.2) is 11.5 Å². The molecule has 0 radical (unpaired) electrons. The summed E-state index contributed by atoms with van der Waals surface area (Å²) in [4.78, 5) is 28.5. The summed E-state index contributed by atoms with van der Waals surface area (Å²) in [5.74, 6) is 0.757. The number of ether oxygens (including phenoxy) is 2. The number of rotatable bonds is 13. The highest BCUT2D eigenvalue weighted by Gasteiger charge is 2.41. The highest BCUT2D eigenvalue weighted by atomic mass is 127. The van der Waals surface area contributed by atoms with Gasteiger partial charge in [-0.25, -0.2) is 0 Å². The SMILES string of the molecule is COc1cc(CO)cc(I)c1O[C@H]1C=C(C(=O)NCCO)C[C@@H](N(Cc2ccoc2)C(=O)CCC2CCCC2)[C@@H]1O. The van der Waals surface area contributed by atoms with E-state index in [9.17, 15) is 24.9 Å². The Morgan fingerprint density at radius 2 is 1.98 bits per heavy atom. The Morgan fingerprint density at radius 3 is 2.63 bits per heavy atom. The fourth-order valence-corrected chi connectivity index (χ4v) is 6.43. The van der Waals surface area contributed by atoms with Crippen molar-refractivity contribution in [2.24, 2.45) is 5.92 Å². The molecule has 1 heterocycles. The van der Waals surface area contributed by atoms with Gasteiger partial charge in [-0.15, -0.1) is 0 Å². The van der Waals surface area contributed by atoms with Crippen LogP contribution in [-0.4, -0.2) is 70.5 Å². The molecule has 224 valence electrons. The predicted molar refractivity (Wildman–Crippen MR) is 159 cm³/mol. The number of nitrogens with zero attached hydrogens (tertiary/aromatic N) is 1. The lowest BCUT2D eigenvalue weighted by atomic mass is 9.87. The number of furan rings is 1. The van der Waals surface area contributed by atoms with Gasteiger partial charge in [0.25, 0.3) is 0 Å². The minimum Gasteiger partial charge on any atom is -0.493 e. The maximum atomic E-state index is 13.8. The van der Waals surface area contributed by atoms with Gasteiger partial charge < -0.3 is 39.4 Å². The van der Waals surface area contributed by atoms with Crippen LogP contribution in [0.1, 0.15) is 56.1 Å². The summed E-state index contributed by atoms with van der Waals surface area (Å²) in [6, 6.07) is 4.43. The maximum absolute atomic E-state index is 13.8. The molecular weight excluding hydrogens is 643 g/mol. The lowest BCUT2D eigenvalue weighted by Gasteiger charge is -2.40. The summed E-state index contributed by atoms with van der Waals surface area (Å²) in [5.41, 5.74) is 1.76. The molecule has 10 nitrogen and oxygen atoms in total. The Bertz CT molecular complexity index is 1200. The zero-order valence-corrected chi connectivity index (χ0v) is 25.4. The molecule has 0 spiro atoms. The molecule has 1 saturated carbocycles. The third kappa shape index (κ3) is 8.02. The van der Waals surface area contributed by atoms with Gasteiger partial charge in [0.2, 0.25) is 11.8 Å². The van der Waals surface area contributed by atoms with Crippen LogP contribution in [0.3, 0.4) is 0 Å². The van der Waals surface area contributed by atoms with Crippen molar-refractivity contribution in [2.45, 2.75) is 76.3 Å². The highest BCUT2D eigenvalue weighted by Crippen LogP contribution is 2.37. The molecule has 1 aromatic carbocycles. The minimum absolute atomic E-state index is 0.0717. The number of aliphatic hydroxyl groups excluding tert-OH is 3. The fourth-order valence-electron chi connectivity index (χ4n) is 5.63. The van der Waals surface area contributed by atoms with E-state index in [4.69, 9.17) is 13.9 Å². The molecule has 2 amide bonds. The summed E-state index contributed by atoms with van der Waals surface area (Å²) in [7, 11) is 1.48. The van der Waals surface area contributed by atoms with Crippen LogP contribution in [0.25, 0.3) is 0 Å². The van der Waals surface area contributed by atoms with Gasteiger partial charge in [-0.2, -0.15) is 0 Å². The number of carbonyl (C=O) groups excluding carboxylic acids is 2. The van der Waals surface area contributed by atoms with Gasteiger partial charge in [0.05, 0.1) is 42.5 Å². The summed E-state index contributed by atoms with van der Waals surface area (Å²) in [6.45, 7) is -0.111. The standard InChI is InChI=1S/C30H39IN2O8/c1-39-26-13-21(17-35)12-23(31)29(26)41-25-15-22(30(38)32-9-10-34)14-24(28(25)37)33(16-20-8-11-40-18-20)27(36)7-6-19-4-2-3-5-19/h8,11-13,15,18-19,24-25,28,34-35,37H,2-7,9-10,14,16-17H2,1H3,(H,32,38)/t24-,25+,28+/m1/s1. The second kappa shape index (κ2) is 15.0. The highest BCUT2D eigenvalue weighted by molar-refractivity contribution is 14.1. The summed E-state index contributed by atoms with van der Waals surface area (Å²) >= 11 is 2.07. The lowest BCUT2D eigenvalue weighted by Crippen LogP contribution is -2.54. The van der Waals surface area contributed by atoms with Crippen molar-refractivity contribution in [3.05, 3.63) is 57.1 Å². The second-order valence-electron chi connectivity index (χ2n) is 10.6. The van der Waals surface area contributed by atoms with Crippen LogP contribution in [0.2, 0.25) is 0 Å². The Morgan fingerprint density at radius 1 is 1.20 bits per heavy atom. The number of nitrogens with one attached hydrogen (secondary N) is 1. The van der Waals surface area contributed by atoms with Crippen LogP contribution < -0.4 is 14.8 Å². The van der Waals surface area contributed by atoms with E-state index in [2.05, 4.69) is 27.9 Å². The molecule has 4 rings (SSSR count). The average molecular weight is 683 g/mol. The zero-order chi connectivity index (χ0) is 29.4. The summed E-state index contributed by atoms with van der Waals surface area (Å²) in [6.07, 6.45) is 8.42. The average Bonchev–Trinajstić information content (AvgIpc) is 3.70. The van der Waals surface area contributed by atoms with E-state index in [1.54, 1.807) is 35.4 Å².